The van der Waals surface area contributed by atoms with E-state index in [0.717, 1.165) is 45.3 Å². The average molecular weight is 374 g/mol. The number of ether oxygens (including phenoxy) is 1. The van der Waals surface area contributed by atoms with E-state index in [1.54, 1.807) is 4.90 Å². The summed E-state index contributed by atoms with van der Waals surface area (Å²) >= 11 is 0. The molecule has 0 bridgehead atoms. The Labute approximate surface area is 161 Å². The van der Waals surface area contributed by atoms with E-state index >= 15 is 0 Å². The summed E-state index contributed by atoms with van der Waals surface area (Å²) in [6, 6.07) is 10.5. The van der Waals surface area contributed by atoms with Gasteiger partial charge in [0.15, 0.2) is 0 Å². The van der Waals surface area contributed by atoms with Crippen LogP contribution in [0.1, 0.15) is 31.2 Å². The van der Waals surface area contributed by atoms with E-state index in [1.165, 1.54) is 12.7 Å². The zero-order valence-electron chi connectivity index (χ0n) is 16.0. The van der Waals surface area contributed by atoms with Gasteiger partial charge in [-0.2, -0.15) is 0 Å². The summed E-state index contributed by atoms with van der Waals surface area (Å²) in [7, 11) is 1.39. The van der Waals surface area contributed by atoms with Crippen molar-refractivity contribution in [2.45, 2.75) is 44.3 Å². The van der Waals surface area contributed by atoms with E-state index in [4.69, 9.17) is 4.74 Å². The summed E-state index contributed by atoms with van der Waals surface area (Å²) in [6.45, 7) is 4.13. The standard InChI is InChI=1S/C20H30N4O3/c1-27-20(26)24-11-5-8-18(15-24)22-19(25)21-17-9-12-23(13-10-17)14-16-6-3-2-4-7-16/h2-4,6-7,17-18H,5,8-15H2,1H3,(H2,21,22,25). The Morgan fingerprint density at radius 2 is 1.74 bits per heavy atom. The highest BCUT2D eigenvalue weighted by Gasteiger charge is 2.26. The van der Waals surface area contributed by atoms with Crippen LogP contribution in [0.15, 0.2) is 30.3 Å². The van der Waals surface area contributed by atoms with E-state index < -0.39 is 0 Å². The summed E-state index contributed by atoms with van der Waals surface area (Å²) in [5.74, 6) is 0. The second-order valence-electron chi connectivity index (χ2n) is 7.41. The lowest BCUT2D eigenvalue weighted by molar-refractivity contribution is 0.107. The molecule has 2 saturated heterocycles. The molecule has 3 rings (SSSR count). The van der Waals surface area contributed by atoms with Crippen molar-refractivity contribution >= 4 is 12.1 Å². The number of methoxy groups -OCH3 is 1. The fraction of sp³-hybridized carbons (Fsp3) is 0.600. The van der Waals surface area contributed by atoms with Crippen LogP contribution in [0.25, 0.3) is 0 Å². The van der Waals surface area contributed by atoms with Crippen LogP contribution in [0.5, 0.6) is 0 Å². The first-order valence-electron chi connectivity index (χ1n) is 9.80. The molecule has 0 saturated carbocycles. The van der Waals surface area contributed by atoms with Gasteiger partial charge < -0.3 is 20.3 Å². The molecular formula is C20H30N4O3. The molecule has 7 heteroatoms. The second-order valence-corrected chi connectivity index (χ2v) is 7.41. The lowest BCUT2D eigenvalue weighted by Crippen LogP contribution is -2.54. The molecule has 0 aliphatic carbocycles. The van der Waals surface area contributed by atoms with Gasteiger partial charge in [0.05, 0.1) is 7.11 Å². The highest BCUT2D eigenvalue weighted by Crippen LogP contribution is 2.14. The molecule has 2 heterocycles. The SMILES string of the molecule is COC(=O)N1CCCC(NC(=O)NC2CCN(Cc3ccccc3)CC2)C1. The number of benzene rings is 1. The molecular weight excluding hydrogens is 344 g/mol. The van der Waals surface area contributed by atoms with Crippen molar-refractivity contribution in [3.8, 4) is 0 Å². The number of hydrogen-bond donors (Lipinski definition) is 2. The molecule has 148 valence electrons. The van der Waals surface area contributed by atoms with E-state index in [9.17, 15) is 9.59 Å². The van der Waals surface area contributed by atoms with Crippen LogP contribution in [-0.2, 0) is 11.3 Å². The normalized spacial score (nSPS) is 21.5. The second kappa shape index (κ2) is 9.60. The molecule has 2 fully saturated rings. The number of carbonyl (C=O) groups excluding carboxylic acids is 2. The first-order chi connectivity index (χ1) is 13.1. The number of amides is 3. The molecule has 1 unspecified atom stereocenters. The highest BCUT2D eigenvalue weighted by molar-refractivity contribution is 5.75. The van der Waals surface area contributed by atoms with Crippen LogP contribution >= 0.6 is 0 Å². The minimum absolute atomic E-state index is 0.0176. The molecule has 0 spiro atoms. The van der Waals surface area contributed by atoms with E-state index in [-0.39, 0.29) is 24.2 Å². The van der Waals surface area contributed by atoms with Crippen LogP contribution in [0.4, 0.5) is 9.59 Å². The van der Waals surface area contributed by atoms with Crippen LogP contribution in [0, 0.1) is 0 Å². The summed E-state index contributed by atoms with van der Waals surface area (Å²) in [6.07, 6.45) is 3.35. The Morgan fingerprint density at radius 3 is 2.44 bits per heavy atom. The van der Waals surface area contributed by atoms with Crippen molar-refractivity contribution < 1.29 is 14.3 Å². The lowest BCUT2D eigenvalue weighted by atomic mass is 10.0. The largest absolute Gasteiger partial charge is 0.453 e. The van der Waals surface area contributed by atoms with Crippen molar-refractivity contribution in [2.75, 3.05) is 33.3 Å². The molecule has 2 N–H and O–H groups in total. The first kappa shape index (κ1) is 19.5. The maximum absolute atomic E-state index is 12.3. The predicted molar refractivity (Wildman–Crippen MR) is 103 cm³/mol. The van der Waals surface area contributed by atoms with Crippen molar-refractivity contribution in [1.82, 2.24) is 20.4 Å². The van der Waals surface area contributed by atoms with Crippen molar-refractivity contribution in [1.29, 1.82) is 0 Å². The van der Waals surface area contributed by atoms with Gasteiger partial charge in [-0.15, -0.1) is 0 Å². The molecule has 2 aliphatic rings. The van der Waals surface area contributed by atoms with Gasteiger partial charge in [0.2, 0.25) is 0 Å². The van der Waals surface area contributed by atoms with Gasteiger partial charge in [0.25, 0.3) is 0 Å². The number of urea groups is 1. The molecule has 7 nitrogen and oxygen atoms in total. The quantitative estimate of drug-likeness (QED) is 0.847. The van der Waals surface area contributed by atoms with Crippen LogP contribution in [0.2, 0.25) is 0 Å². The zero-order chi connectivity index (χ0) is 19.1. The Kier molecular flexibility index (Phi) is 6.92. The fourth-order valence-electron chi connectivity index (χ4n) is 3.88. The summed E-state index contributed by atoms with van der Waals surface area (Å²) in [5, 5.41) is 6.11. The van der Waals surface area contributed by atoms with E-state index in [2.05, 4.69) is 39.8 Å². The summed E-state index contributed by atoms with van der Waals surface area (Å²) in [5.41, 5.74) is 1.33. The Bertz CT molecular complexity index is 617. The maximum Gasteiger partial charge on any atom is 0.409 e. The third-order valence-electron chi connectivity index (χ3n) is 5.36. The topological polar surface area (TPSA) is 73.9 Å². The van der Waals surface area contributed by atoms with E-state index in [1.807, 2.05) is 6.07 Å². The lowest BCUT2D eigenvalue weighted by Gasteiger charge is -2.34. The molecule has 2 aliphatic heterocycles. The molecule has 0 radical (unpaired) electrons. The van der Waals surface area contributed by atoms with Crippen molar-refractivity contribution in [3.63, 3.8) is 0 Å². The average Bonchev–Trinajstić information content (AvgIpc) is 2.70. The number of rotatable bonds is 4. The van der Waals surface area contributed by atoms with Gasteiger partial charge in [-0.05, 0) is 31.2 Å². The highest BCUT2D eigenvalue weighted by atomic mass is 16.5. The van der Waals surface area contributed by atoms with Gasteiger partial charge in [-0.3, -0.25) is 4.90 Å². The number of carbonyl (C=O) groups is 2. The monoisotopic (exact) mass is 374 g/mol. The maximum atomic E-state index is 12.3. The van der Waals surface area contributed by atoms with Crippen molar-refractivity contribution in [2.24, 2.45) is 0 Å². The van der Waals surface area contributed by atoms with Gasteiger partial charge >= 0.3 is 12.1 Å². The zero-order valence-corrected chi connectivity index (χ0v) is 16.0. The van der Waals surface area contributed by atoms with E-state index in [0.29, 0.717) is 13.1 Å². The van der Waals surface area contributed by atoms with Gasteiger partial charge in [0.1, 0.15) is 0 Å². The Hall–Kier alpha value is -2.28. The molecule has 27 heavy (non-hydrogen) atoms. The molecule has 1 aromatic carbocycles. The molecule has 1 aromatic rings. The van der Waals surface area contributed by atoms with Crippen molar-refractivity contribution in [3.05, 3.63) is 35.9 Å². The summed E-state index contributed by atoms with van der Waals surface area (Å²) < 4.78 is 4.77. The number of nitrogens with zero attached hydrogens (tertiary/aromatic N) is 2. The Morgan fingerprint density at radius 1 is 1.04 bits per heavy atom. The third kappa shape index (κ3) is 5.85. The predicted octanol–water partition coefficient (Wildman–Crippen LogP) is 2.18. The minimum atomic E-state index is -0.326. The number of piperidine rings is 2. The van der Waals surface area contributed by atoms with Crippen LogP contribution in [-0.4, -0.2) is 67.3 Å². The third-order valence-corrected chi connectivity index (χ3v) is 5.36. The number of hydrogen-bond acceptors (Lipinski definition) is 4. The Balaban J connectivity index is 1.37. The van der Waals surface area contributed by atoms with Crippen LogP contribution < -0.4 is 10.6 Å². The van der Waals surface area contributed by atoms with Gasteiger partial charge in [-0.1, -0.05) is 30.3 Å². The molecule has 0 aromatic heterocycles. The van der Waals surface area contributed by atoms with Gasteiger partial charge in [0, 0.05) is 44.8 Å². The number of nitrogens with one attached hydrogen (secondary N) is 2. The molecule has 1 atom stereocenters. The summed E-state index contributed by atoms with van der Waals surface area (Å²) in [4.78, 5) is 28.1. The first-order valence-corrected chi connectivity index (χ1v) is 9.80. The van der Waals surface area contributed by atoms with Crippen LogP contribution in [0.3, 0.4) is 0 Å². The fourth-order valence-corrected chi connectivity index (χ4v) is 3.88. The smallest absolute Gasteiger partial charge is 0.409 e. The van der Waals surface area contributed by atoms with Gasteiger partial charge in [-0.25, -0.2) is 9.59 Å². The minimum Gasteiger partial charge on any atom is -0.453 e. The number of likely N-dealkylation sites (tertiary alicyclic amines) is 2. The molecule has 3 amide bonds.